The predicted molar refractivity (Wildman–Crippen MR) is 77.5 cm³/mol. The van der Waals surface area contributed by atoms with Crippen LogP contribution in [0.5, 0.6) is 5.88 Å². The molecule has 0 saturated heterocycles. The SMILES string of the molecule is CCCCC(CC)COc1nc(N)c(Cl)cc1Cl. The Morgan fingerprint density at radius 1 is 1.33 bits per heavy atom. The average Bonchev–Trinajstić information content (AvgIpc) is 2.35. The van der Waals surface area contributed by atoms with Crippen molar-refractivity contribution in [2.24, 2.45) is 5.92 Å². The van der Waals surface area contributed by atoms with E-state index in [0.29, 0.717) is 28.5 Å². The summed E-state index contributed by atoms with van der Waals surface area (Å²) >= 11 is 11.8. The quantitative estimate of drug-likeness (QED) is 0.800. The molecule has 1 atom stereocenters. The van der Waals surface area contributed by atoms with E-state index in [9.17, 15) is 0 Å². The van der Waals surface area contributed by atoms with E-state index >= 15 is 0 Å². The van der Waals surface area contributed by atoms with Gasteiger partial charge in [0.15, 0.2) is 0 Å². The molecule has 0 amide bonds. The fourth-order valence-corrected chi connectivity index (χ4v) is 2.07. The average molecular weight is 291 g/mol. The van der Waals surface area contributed by atoms with Crippen LogP contribution in [0.4, 0.5) is 5.82 Å². The zero-order valence-electron chi connectivity index (χ0n) is 10.9. The Kier molecular flexibility index (Phi) is 6.58. The van der Waals surface area contributed by atoms with Gasteiger partial charge in [0.05, 0.1) is 11.6 Å². The molecule has 1 rings (SSSR count). The molecule has 0 radical (unpaired) electrons. The van der Waals surface area contributed by atoms with Crippen LogP contribution >= 0.6 is 23.2 Å². The van der Waals surface area contributed by atoms with E-state index in [4.69, 9.17) is 33.7 Å². The second kappa shape index (κ2) is 7.70. The summed E-state index contributed by atoms with van der Waals surface area (Å²) < 4.78 is 5.64. The summed E-state index contributed by atoms with van der Waals surface area (Å²) in [6.45, 7) is 4.96. The van der Waals surface area contributed by atoms with E-state index < -0.39 is 0 Å². The molecular formula is C13H20Cl2N2O. The van der Waals surface area contributed by atoms with Gasteiger partial charge < -0.3 is 10.5 Å². The highest BCUT2D eigenvalue weighted by Gasteiger charge is 2.11. The number of unbranched alkanes of at least 4 members (excludes halogenated alkanes) is 1. The van der Waals surface area contributed by atoms with Crippen LogP contribution < -0.4 is 10.5 Å². The first-order valence-electron chi connectivity index (χ1n) is 6.32. The van der Waals surface area contributed by atoms with Gasteiger partial charge >= 0.3 is 0 Å². The normalized spacial score (nSPS) is 12.4. The number of hydrogen-bond donors (Lipinski definition) is 1. The van der Waals surface area contributed by atoms with Crippen molar-refractivity contribution in [3.05, 3.63) is 16.1 Å². The first-order valence-corrected chi connectivity index (χ1v) is 7.08. The molecule has 0 aliphatic rings. The van der Waals surface area contributed by atoms with Crippen LogP contribution in [0.25, 0.3) is 0 Å². The maximum absolute atomic E-state index is 6.00. The summed E-state index contributed by atoms with van der Waals surface area (Å²) in [7, 11) is 0. The molecule has 1 aromatic rings. The van der Waals surface area contributed by atoms with Crippen LogP contribution in [0.3, 0.4) is 0 Å². The van der Waals surface area contributed by atoms with Crippen molar-refractivity contribution in [2.45, 2.75) is 39.5 Å². The number of hydrogen-bond acceptors (Lipinski definition) is 3. The molecule has 0 bridgehead atoms. The van der Waals surface area contributed by atoms with Crippen molar-refractivity contribution < 1.29 is 4.74 Å². The summed E-state index contributed by atoms with van der Waals surface area (Å²) in [6.07, 6.45) is 4.66. The number of halogens is 2. The van der Waals surface area contributed by atoms with Crippen LogP contribution in [0, 0.1) is 5.92 Å². The zero-order chi connectivity index (χ0) is 13.5. The molecule has 1 aromatic heterocycles. The topological polar surface area (TPSA) is 48.1 Å². The van der Waals surface area contributed by atoms with Crippen LogP contribution in [-0.2, 0) is 0 Å². The fraction of sp³-hybridized carbons (Fsp3) is 0.615. The lowest BCUT2D eigenvalue weighted by molar-refractivity contribution is 0.226. The smallest absolute Gasteiger partial charge is 0.234 e. The van der Waals surface area contributed by atoms with E-state index in [1.165, 1.54) is 12.8 Å². The second-order valence-corrected chi connectivity index (χ2v) is 5.18. The molecule has 5 heteroatoms. The van der Waals surface area contributed by atoms with Crippen molar-refractivity contribution in [1.29, 1.82) is 0 Å². The van der Waals surface area contributed by atoms with Gasteiger partial charge in [-0.3, -0.25) is 0 Å². The predicted octanol–water partition coefficient (Wildman–Crippen LogP) is 4.57. The lowest BCUT2D eigenvalue weighted by atomic mass is 10.0. The molecule has 1 heterocycles. The molecule has 102 valence electrons. The third-order valence-electron chi connectivity index (χ3n) is 2.92. The molecule has 0 fully saturated rings. The number of pyridine rings is 1. The number of rotatable bonds is 7. The Hall–Kier alpha value is -0.670. The number of nitrogens with two attached hydrogens (primary N) is 1. The van der Waals surface area contributed by atoms with Crippen LogP contribution in [0.2, 0.25) is 10.0 Å². The van der Waals surface area contributed by atoms with Crippen molar-refractivity contribution in [3.63, 3.8) is 0 Å². The van der Waals surface area contributed by atoms with Gasteiger partial charge in [0, 0.05) is 0 Å². The summed E-state index contributed by atoms with van der Waals surface area (Å²) in [4.78, 5) is 4.05. The van der Waals surface area contributed by atoms with Crippen LogP contribution in [0.1, 0.15) is 39.5 Å². The maximum atomic E-state index is 6.00. The zero-order valence-corrected chi connectivity index (χ0v) is 12.4. The summed E-state index contributed by atoms with van der Waals surface area (Å²) in [5, 5.41) is 0.755. The molecule has 18 heavy (non-hydrogen) atoms. The molecule has 3 nitrogen and oxygen atoms in total. The van der Waals surface area contributed by atoms with Crippen molar-refractivity contribution in [1.82, 2.24) is 4.98 Å². The van der Waals surface area contributed by atoms with Crippen LogP contribution in [0.15, 0.2) is 6.07 Å². The van der Waals surface area contributed by atoms with E-state index in [0.717, 1.165) is 12.8 Å². The second-order valence-electron chi connectivity index (χ2n) is 4.37. The van der Waals surface area contributed by atoms with Gasteiger partial charge in [0.25, 0.3) is 0 Å². The Balaban J connectivity index is 2.59. The molecular weight excluding hydrogens is 271 g/mol. The summed E-state index contributed by atoms with van der Waals surface area (Å²) in [6, 6.07) is 1.56. The summed E-state index contributed by atoms with van der Waals surface area (Å²) in [5.74, 6) is 1.14. The van der Waals surface area contributed by atoms with E-state index in [1.54, 1.807) is 6.07 Å². The summed E-state index contributed by atoms with van der Waals surface area (Å²) in [5.41, 5.74) is 5.63. The monoisotopic (exact) mass is 290 g/mol. The highest BCUT2D eigenvalue weighted by molar-refractivity contribution is 6.36. The van der Waals surface area contributed by atoms with Gasteiger partial charge in [-0.1, -0.05) is 56.3 Å². The molecule has 0 aliphatic carbocycles. The van der Waals surface area contributed by atoms with E-state index in [2.05, 4.69) is 18.8 Å². The van der Waals surface area contributed by atoms with Gasteiger partial charge in [-0.15, -0.1) is 0 Å². The number of nitrogens with zero attached hydrogens (tertiary/aromatic N) is 1. The van der Waals surface area contributed by atoms with E-state index in [-0.39, 0.29) is 5.82 Å². The standard InChI is InChI=1S/C13H20Cl2N2O/c1-3-5-6-9(4-2)8-18-13-11(15)7-10(14)12(16)17-13/h7,9H,3-6,8H2,1-2H3,(H2,16,17). The van der Waals surface area contributed by atoms with Crippen molar-refractivity contribution in [3.8, 4) is 5.88 Å². The molecule has 0 saturated carbocycles. The van der Waals surface area contributed by atoms with Gasteiger partial charge in [0.2, 0.25) is 5.88 Å². The first kappa shape index (κ1) is 15.4. The largest absolute Gasteiger partial charge is 0.476 e. The fourth-order valence-electron chi connectivity index (χ4n) is 1.66. The first-order chi connectivity index (χ1) is 8.58. The number of ether oxygens (including phenoxy) is 1. The lowest BCUT2D eigenvalue weighted by Gasteiger charge is -2.16. The Morgan fingerprint density at radius 2 is 2.06 bits per heavy atom. The highest BCUT2D eigenvalue weighted by atomic mass is 35.5. The van der Waals surface area contributed by atoms with Crippen LogP contribution in [-0.4, -0.2) is 11.6 Å². The highest BCUT2D eigenvalue weighted by Crippen LogP contribution is 2.29. The van der Waals surface area contributed by atoms with Gasteiger partial charge in [0.1, 0.15) is 10.8 Å². The van der Waals surface area contributed by atoms with Gasteiger partial charge in [-0.05, 0) is 18.4 Å². The number of nitrogen functional groups attached to an aromatic ring is 1. The lowest BCUT2D eigenvalue weighted by Crippen LogP contribution is -2.12. The maximum Gasteiger partial charge on any atom is 0.234 e. The number of anilines is 1. The molecule has 2 N–H and O–H groups in total. The third-order valence-corrected chi connectivity index (χ3v) is 3.50. The minimum absolute atomic E-state index is 0.248. The third kappa shape index (κ3) is 4.54. The molecule has 0 aliphatic heterocycles. The van der Waals surface area contributed by atoms with Crippen molar-refractivity contribution in [2.75, 3.05) is 12.3 Å². The Bertz CT molecular complexity index is 385. The van der Waals surface area contributed by atoms with Crippen molar-refractivity contribution >= 4 is 29.0 Å². The van der Waals surface area contributed by atoms with Gasteiger partial charge in [-0.2, -0.15) is 4.98 Å². The van der Waals surface area contributed by atoms with E-state index in [1.807, 2.05) is 0 Å². The Labute approximate surface area is 119 Å². The van der Waals surface area contributed by atoms with Gasteiger partial charge in [-0.25, -0.2) is 0 Å². The minimum Gasteiger partial charge on any atom is -0.476 e. The molecule has 1 unspecified atom stereocenters. The molecule has 0 aromatic carbocycles. The minimum atomic E-state index is 0.248. The number of aromatic nitrogens is 1. The molecule has 0 spiro atoms. The Morgan fingerprint density at radius 3 is 2.67 bits per heavy atom.